The molecule has 0 aromatic carbocycles. The van der Waals surface area contributed by atoms with Crippen molar-refractivity contribution in [1.82, 2.24) is 5.32 Å². The fourth-order valence-electron chi connectivity index (χ4n) is 2.58. The summed E-state index contributed by atoms with van der Waals surface area (Å²) in [7, 11) is 0. The van der Waals surface area contributed by atoms with Crippen LogP contribution in [0.15, 0.2) is 0 Å². The van der Waals surface area contributed by atoms with Gasteiger partial charge >= 0.3 is 0 Å². The lowest BCUT2D eigenvalue weighted by atomic mass is 9.80. The van der Waals surface area contributed by atoms with E-state index in [1.54, 1.807) is 0 Å². The minimum Gasteiger partial charge on any atom is -0.356 e. The summed E-state index contributed by atoms with van der Waals surface area (Å²) in [6, 6.07) is 0. The van der Waals surface area contributed by atoms with Crippen molar-refractivity contribution in [1.29, 1.82) is 0 Å². The molecule has 0 aliphatic heterocycles. The van der Waals surface area contributed by atoms with Crippen molar-refractivity contribution >= 4 is 17.5 Å². The highest BCUT2D eigenvalue weighted by molar-refractivity contribution is 6.18. The van der Waals surface area contributed by atoms with Gasteiger partial charge in [0.2, 0.25) is 5.91 Å². The van der Waals surface area contributed by atoms with Gasteiger partial charge in [0.05, 0.1) is 0 Å². The SMILES string of the molecule is CC(C)(C)CCC(=O)NCC1CCCCC1CCl. The van der Waals surface area contributed by atoms with Gasteiger partial charge in [-0.25, -0.2) is 0 Å². The third-order valence-corrected chi connectivity index (χ3v) is 4.32. The molecule has 18 heavy (non-hydrogen) atoms. The maximum Gasteiger partial charge on any atom is 0.220 e. The van der Waals surface area contributed by atoms with Crippen LogP contribution in [0.3, 0.4) is 0 Å². The number of hydrogen-bond acceptors (Lipinski definition) is 1. The molecule has 0 heterocycles. The second kappa shape index (κ2) is 7.37. The highest BCUT2D eigenvalue weighted by Crippen LogP contribution is 2.30. The summed E-state index contributed by atoms with van der Waals surface area (Å²) in [6.45, 7) is 7.33. The predicted molar refractivity (Wildman–Crippen MR) is 77.9 cm³/mol. The second-order valence-electron chi connectivity index (χ2n) is 6.82. The quantitative estimate of drug-likeness (QED) is 0.755. The van der Waals surface area contributed by atoms with Crippen molar-refractivity contribution in [2.24, 2.45) is 17.3 Å². The first-order valence-corrected chi connectivity index (χ1v) is 7.78. The molecule has 0 radical (unpaired) electrons. The van der Waals surface area contributed by atoms with Crippen LogP contribution in [0.2, 0.25) is 0 Å². The molecule has 1 aliphatic carbocycles. The van der Waals surface area contributed by atoms with E-state index in [0.717, 1.165) is 18.8 Å². The fourth-order valence-corrected chi connectivity index (χ4v) is 2.98. The minimum absolute atomic E-state index is 0.198. The number of hydrogen-bond donors (Lipinski definition) is 1. The highest BCUT2D eigenvalue weighted by Gasteiger charge is 2.24. The molecule has 2 nitrogen and oxygen atoms in total. The minimum atomic E-state index is 0.198. The number of carbonyl (C=O) groups is 1. The van der Waals surface area contributed by atoms with Crippen molar-refractivity contribution < 1.29 is 4.79 Å². The molecule has 1 aliphatic rings. The third-order valence-electron chi connectivity index (χ3n) is 3.93. The largest absolute Gasteiger partial charge is 0.356 e. The number of halogens is 1. The van der Waals surface area contributed by atoms with E-state index in [4.69, 9.17) is 11.6 Å². The van der Waals surface area contributed by atoms with Crippen molar-refractivity contribution in [3.8, 4) is 0 Å². The third kappa shape index (κ3) is 6.08. The Morgan fingerprint density at radius 3 is 2.39 bits per heavy atom. The number of nitrogens with one attached hydrogen (secondary N) is 1. The molecule has 1 amide bonds. The molecule has 0 bridgehead atoms. The predicted octanol–water partition coefficient (Wildman–Crippen LogP) is 3.97. The molecular weight excluding hydrogens is 246 g/mol. The maximum absolute atomic E-state index is 11.8. The zero-order chi connectivity index (χ0) is 13.6. The number of carbonyl (C=O) groups excluding carboxylic acids is 1. The van der Waals surface area contributed by atoms with E-state index < -0.39 is 0 Å². The van der Waals surface area contributed by atoms with E-state index in [9.17, 15) is 4.79 Å². The van der Waals surface area contributed by atoms with Crippen LogP contribution in [-0.2, 0) is 4.79 Å². The van der Waals surface area contributed by atoms with Crippen LogP contribution in [0.5, 0.6) is 0 Å². The molecule has 1 fully saturated rings. The Labute approximate surface area is 117 Å². The van der Waals surface area contributed by atoms with E-state index in [2.05, 4.69) is 26.1 Å². The lowest BCUT2D eigenvalue weighted by Crippen LogP contribution is -2.35. The van der Waals surface area contributed by atoms with Gasteiger partial charge in [0.15, 0.2) is 0 Å². The van der Waals surface area contributed by atoms with Crippen LogP contribution in [0.1, 0.15) is 59.3 Å². The summed E-state index contributed by atoms with van der Waals surface area (Å²) in [6.07, 6.45) is 6.62. The van der Waals surface area contributed by atoms with Gasteiger partial charge in [0, 0.05) is 18.8 Å². The number of amides is 1. The van der Waals surface area contributed by atoms with Crippen LogP contribution in [-0.4, -0.2) is 18.3 Å². The van der Waals surface area contributed by atoms with Gasteiger partial charge in [-0.15, -0.1) is 11.6 Å². The molecule has 1 N–H and O–H groups in total. The van der Waals surface area contributed by atoms with Crippen LogP contribution in [0.25, 0.3) is 0 Å². The van der Waals surface area contributed by atoms with Gasteiger partial charge in [-0.05, 0) is 36.5 Å². The zero-order valence-corrected chi connectivity index (χ0v) is 12.9. The first kappa shape index (κ1) is 15.8. The van der Waals surface area contributed by atoms with Gasteiger partial charge < -0.3 is 5.32 Å². The summed E-state index contributed by atoms with van der Waals surface area (Å²) < 4.78 is 0. The monoisotopic (exact) mass is 273 g/mol. The Bertz CT molecular complexity index is 260. The van der Waals surface area contributed by atoms with E-state index in [-0.39, 0.29) is 11.3 Å². The normalized spacial score (nSPS) is 24.9. The number of rotatable bonds is 5. The van der Waals surface area contributed by atoms with Gasteiger partial charge in [0.25, 0.3) is 0 Å². The average Bonchev–Trinajstić information content (AvgIpc) is 2.33. The molecule has 3 heteroatoms. The van der Waals surface area contributed by atoms with Crippen molar-refractivity contribution in [3.05, 3.63) is 0 Å². The summed E-state index contributed by atoms with van der Waals surface area (Å²) in [5, 5.41) is 3.09. The van der Waals surface area contributed by atoms with Gasteiger partial charge in [0.1, 0.15) is 0 Å². The van der Waals surface area contributed by atoms with Crippen LogP contribution >= 0.6 is 11.6 Å². The Morgan fingerprint density at radius 1 is 1.22 bits per heavy atom. The van der Waals surface area contributed by atoms with E-state index in [0.29, 0.717) is 18.3 Å². The van der Waals surface area contributed by atoms with Crippen molar-refractivity contribution in [3.63, 3.8) is 0 Å². The zero-order valence-electron chi connectivity index (χ0n) is 12.1. The molecule has 106 valence electrons. The van der Waals surface area contributed by atoms with E-state index in [1.165, 1.54) is 25.7 Å². The Hall–Kier alpha value is -0.240. The molecule has 0 spiro atoms. The van der Waals surface area contributed by atoms with Crippen LogP contribution in [0.4, 0.5) is 0 Å². The highest BCUT2D eigenvalue weighted by atomic mass is 35.5. The standard InChI is InChI=1S/C15H28ClNO/c1-15(2,3)9-8-14(18)17-11-13-7-5-4-6-12(13)10-16/h12-13H,4-11H2,1-3H3,(H,17,18). The maximum atomic E-state index is 11.8. The summed E-state index contributed by atoms with van der Waals surface area (Å²) in [5.41, 5.74) is 0.237. The topological polar surface area (TPSA) is 29.1 Å². The molecule has 1 rings (SSSR count). The van der Waals surface area contributed by atoms with Crippen LogP contribution < -0.4 is 5.32 Å². The average molecular weight is 274 g/mol. The summed E-state index contributed by atoms with van der Waals surface area (Å²) in [5.74, 6) is 2.13. The van der Waals surface area contributed by atoms with Crippen LogP contribution in [0, 0.1) is 17.3 Å². The lowest BCUT2D eigenvalue weighted by molar-refractivity contribution is -0.121. The van der Waals surface area contributed by atoms with Crippen molar-refractivity contribution in [2.75, 3.05) is 12.4 Å². The van der Waals surface area contributed by atoms with Gasteiger partial charge in [-0.2, -0.15) is 0 Å². The molecule has 0 aromatic heterocycles. The first-order valence-electron chi connectivity index (χ1n) is 7.25. The Morgan fingerprint density at radius 2 is 1.83 bits per heavy atom. The molecular formula is C15H28ClNO. The summed E-state index contributed by atoms with van der Waals surface area (Å²) in [4.78, 5) is 11.8. The molecule has 0 saturated heterocycles. The van der Waals surface area contributed by atoms with Crippen molar-refractivity contribution in [2.45, 2.75) is 59.3 Å². The molecule has 2 atom stereocenters. The molecule has 2 unspecified atom stereocenters. The van der Waals surface area contributed by atoms with Gasteiger partial charge in [-0.3, -0.25) is 4.79 Å². The smallest absolute Gasteiger partial charge is 0.220 e. The first-order chi connectivity index (χ1) is 8.42. The molecule has 1 saturated carbocycles. The number of alkyl halides is 1. The lowest BCUT2D eigenvalue weighted by Gasteiger charge is -2.30. The Kier molecular flexibility index (Phi) is 6.48. The van der Waals surface area contributed by atoms with E-state index in [1.807, 2.05) is 0 Å². The van der Waals surface area contributed by atoms with E-state index >= 15 is 0 Å². The Balaban J connectivity index is 2.24. The fraction of sp³-hybridized carbons (Fsp3) is 0.933. The summed E-state index contributed by atoms with van der Waals surface area (Å²) >= 11 is 6.00. The van der Waals surface area contributed by atoms with Gasteiger partial charge in [-0.1, -0.05) is 33.6 Å². The molecule has 0 aromatic rings. The second-order valence-corrected chi connectivity index (χ2v) is 7.13.